The topological polar surface area (TPSA) is 72.2 Å². The van der Waals surface area contributed by atoms with Crippen molar-refractivity contribution in [1.82, 2.24) is 5.32 Å². The van der Waals surface area contributed by atoms with Gasteiger partial charge in [0.1, 0.15) is 5.82 Å². The van der Waals surface area contributed by atoms with E-state index in [9.17, 15) is 19.3 Å². The molecule has 0 heterocycles. The van der Waals surface area contributed by atoms with Crippen LogP contribution in [-0.2, 0) is 6.54 Å². The lowest BCUT2D eigenvalue weighted by molar-refractivity contribution is -0.385. The van der Waals surface area contributed by atoms with Crippen LogP contribution < -0.4 is 5.32 Å². The first-order chi connectivity index (χ1) is 10.4. The van der Waals surface area contributed by atoms with E-state index in [2.05, 4.69) is 5.32 Å². The molecule has 0 atom stereocenters. The number of aryl methyl sites for hydroxylation is 2. The Labute approximate surface area is 126 Å². The molecule has 22 heavy (non-hydrogen) atoms. The molecule has 2 aromatic carbocycles. The zero-order chi connectivity index (χ0) is 16.3. The minimum Gasteiger partial charge on any atom is -0.348 e. The van der Waals surface area contributed by atoms with Crippen LogP contribution in [0.5, 0.6) is 0 Å². The Kier molecular flexibility index (Phi) is 4.50. The second-order valence-corrected chi connectivity index (χ2v) is 5.02. The summed E-state index contributed by atoms with van der Waals surface area (Å²) in [5.74, 6) is -0.714. The van der Waals surface area contributed by atoms with Gasteiger partial charge in [0.05, 0.1) is 4.92 Å². The number of hydrogen-bond acceptors (Lipinski definition) is 3. The zero-order valence-corrected chi connectivity index (χ0v) is 12.2. The first kappa shape index (κ1) is 15.6. The molecule has 1 N–H and O–H groups in total. The highest BCUT2D eigenvalue weighted by molar-refractivity contribution is 5.94. The predicted molar refractivity (Wildman–Crippen MR) is 80.1 cm³/mol. The van der Waals surface area contributed by atoms with E-state index in [1.54, 1.807) is 26.0 Å². The fourth-order valence-corrected chi connectivity index (χ4v) is 2.05. The second-order valence-electron chi connectivity index (χ2n) is 5.02. The number of nitro benzene ring substituents is 1. The third-order valence-corrected chi connectivity index (χ3v) is 3.34. The number of rotatable bonds is 4. The van der Waals surface area contributed by atoms with Gasteiger partial charge in [-0.15, -0.1) is 0 Å². The van der Waals surface area contributed by atoms with Gasteiger partial charge in [0.2, 0.25) is 0 Å². The molecular weight excluding hydrogens is 287 g/mol. The lowest BCUT2D eigenvalue weighted by Gasteiger charge is -2.07. The molecule has 0 aromatic heterocycles. The third kappa shape index (κ3) is 3.46. The van der Waals surface area contributed by atoms with Crippen molar-refractivity contribution in [1.29, 1.82) is 0 Å². The van der Waals surface area contributed by atoms with Crippen LogP contribution in [0.15, 0.2) is 36.4 Å². The van der Waals surface area contributed by atoms with Gasteiger partial charge >= 0.3 is 0 Å². The maximum atomic E-state index is 13.2. The van der Waals surface area contributed by atoms with E-state index < -0.39 is 10.8 Å². The fourth-order valence-electron chi connectivity index (χ4n) is 2.05. The summed E-state index contributed by atoms with van der Waals surface area (Å²) in [6.07, 6.45) is 0. The van der Waals surface area contributed by atoms with E-state index in [-0.39, 0.29) is 23.6 Å². The number of benzene rings is 2. The Morgan fingerprint density at radius 1 is 1.18 bits per heavy atom. The van der Waals surface area contributed by atoms with Gasteiger partial charge in [-0.25, -0.2) is 4.39 Å². The summed E-state index contributed by atoms with van der Waals surface area (Å²) in [5, 5.41) is 13.5. The van der Waals surface area contributed by atoms with Crippen LogP contribution in [0.3, 0.4) is 0 Å². The molecule has 0 fully saturated rings. The molecular formula is C16H15FN2O3. The number of carbonyl (C=O) groups excluding carboxylic acids is 1. The van der Waals surface area contributed by atoms with Crippen molar-refractivity contribution < 1.29 is 14.1 Å². The monoisotopic (exact) mass is 302 g/mol. The second kappa shape index (κ2) is 6.34. The Morgan fingerprint density at radius 2 is 1.91 bits per heavy atom. The highest BCUT2D eigenvalue weighted by Crippen LogP contribution is 2.19. The highest BCUT2D eigenvalue weighted by Gasteiger charge is 2.14. The highest BCUT2D eigenvalue weighted by atomic mass is 19.1. The summed E-state index contributed by atoms with van der Waals surface area (Å²) in [6.45, 7) is 3.48. The summed E-state index contributed by atoms with van der Waals surface area (Å²) >= 11 is 0. The molecule has 0 radical (unpaired) electrons. The molecule has 5 nitrogen and oxygen atoms in total. The molecule has 0 spiro atoms. The quantitative estimate of drug-likeness (QED) is 0.696. The standard InChI is InChI=1S/C16H15FN2O3/c1-10-3-5-13(8-15(10)19(21)22)16(20)18-9-12-4-6-14(17)11(2)7-12/h3-8H,9H2,1-2H3,(H,18,20). The van der Waals surface area contributed by atoms with Crippen LogP contribution in [-0.4, -0.2) is 10.8 Å². The van der Waals surface area contributed by atoms with Crippen molar-refractivity contribution in [2.75, 3.05) is 0 Å². The molecule has 0 unspecified atom stereocenters. The zero-order valence-electron chi connectivity index (χ0n) is 12.2. The van der Waals surface area contributed by atoms with Crippen molar-refractivity contribution in [3.63, 3.8) is 0 Å². The number of nitro groups is 1. The van der Waals surface area contributed by atoms with E-state index >= 15 is 0 Å². The summed E-state index contributed by atoms with van der Waals surface area (Å²) < 4.78 is 13.2. The number of carbonyl (C=O) groups is 1. The third-order valence-electron chi connectivity index (χ3n) is 3.34. The van der Waals surface area contributed by atoms with Gasteiger partial charge in [0.15, 0.2) is 0 Å². The van der Waals surface area contributed by atoms with E-state index in [1.807, 2.05) is 0 Å². The Morgan fingerprint density at radius 3 is 2.55 bits per heavy atom. The van der Waals surface area contributed by atoms with Gasteiger partial charge < -0.3 is 5.32 Å². The summed E-state index contributed by atoms with van der Waals surface area (Å²) in [5.41, 5.74) is 1.88. The van der Waals surface area contributed by atoms with Crippen molar-refractivity contribution in [3.8, 4) is 0 Å². The van der Waals surface area contributed by atoms with Crippen molar-refractivity contribution >= 4 is 11.6 Å². The SMILES string of the molecule is Cc1cc(CNC(=O)c2ccc(C)c([N+](=O)[O-])c2)ccc1F. The van der Waals surface area contributed by atoms with Crippen molar-refractivity contribution in [3.05, 3.63) is 74.6 Å². The predicted octanol–water partition coefficient (Wildman–Crippen LogP) is 3.28. The Balaban J connectivity index is 2.10. The number of hydrogen-bond donors (Lipinski definition) is 1. The largest absolute Gasteiger partial charge is 0.348 e. The molecule has 0 saturated heterocycles. The van der Waals surface area contributed by atoms with Gasteiger partial charge in [-0.05, 0) is 37.1 Å². The van der Waals surface area contributed by atoms with Crippen molar-refractivity contribution in [2.45, 2.75) is 20.4 Å². The average molecular weight is 302 g/mol. The van der Waals surface area contributed by atoms with Gasteiger partial charge in [0, 0.05) is 23.7 Å². The molecule has 0 saturated carbocycles. The maximum Gasteiger partial charge on any atom is 0.273 e. The maximum absolute atomic E-state index is 13.2. The van der Waals surface area contributed by atoms with E-state index in [4.69, 9.17) is 0 Å². The summed E-state index contributed by atoms with van der Waals surface area (Å²) in [7, 11) is 0. The number of amides is 1. The minimum absolute atomic E-state index is 0.0923. The van der Waals surface area contributed by atoms with Crippen LogP contribution in [0.1, 0.15) is 27.0 Å². The Bertz CT molecular complexity index is 744. The average Bonchev–Trinajstić information content (AvgIpc) is 2.48. The first-order valence-corrected chi connectivity index (χ1v) is 6.67. The molecule has 114 valence electrons. The Hall–Kier alpha value is -2.76. The minimum atomic E-state index is -0.518. The van der Waals surface area contributed by atoms with Gasteiger partial charge in [-0.3, -0.25) is 14.9 Å². The molecule has 0 aliphatic carbocycles. The number of nitrogens with one attached hydrogen (secondary N) is 1. The van der Waals surface area contributed by atoms with Gasteiger partial charge in [-0.2, -0.15) is 0 Å². The molecule has 1 amide bonds. The molecule has 0 aliphatic heterocycles. The van der Waals surface area contributed by atoms with E-state index in [0.29, 0.717) is 11.1 Å². The van der Waals surface area contributed by atoms with E-state index in [1.165, 1.54) is 24.3 Å². The van der Waals surface area contributed by atoms with Gasteiger partial charge in [0.25, 0.3) is 11.6 Å². The van der Waals surface area contributed by atoms with Crippen LogP contribution in [0.25, 0.3) is 0 Å². The van der Waals surface area contributed by atoms with Crippen LogP contribution in [0, 0.1) is 29.8 Å². The summed E-state index contributed by atoms with van der Waals surface area (Å²) in [6, 6.07) is 8.89. The molecule has 2 rings (SSSR count). The fraction of sp³-hybridized carbons (Fsp3) is 0.188. The van der Waals surface area contributed by atoms with Crippen LogP contribution >= 0.6 is 0 Å². The van der Waals surface area contributed by atoms with Gasteiger partial charge in [-0.1, -0.05) is 18.2 Å². The normalized spacial score (nSPS) is 10.3. The summed E-state index contributed by atoms with van der Waals surface area (Å²) in [4.78, 5) is 22.4. The lowest BCUT2D eigenvalue weighted by atomic mass is 10.1. The number of halogens is 1. The molecule has 6 heteroatoms. The smallest absolute Gasteiger partial charge is 0.273 e. The lowest BCUT2D eigenvalue weighted by Crippen LogP contribution is -2.23. The molecule has 0 bridgehead atoms. The molecule has 2 aromatic rings. The van der Waals surface area contributed by atoms with Crippen LogP contribution in [0.4, 0.5) is 10.1 Å². The number of nitrogens with zero attached hydrogens (tertiary/aromatic N) is 1. The van der Waals surface area contributed by atoms with Crippen LogP contribution in [0.2, 0.25) is 0 Å². The van der Waals surface area contributed by atoms with Crippen molar-refractivity contribution in [2.24, 2.45) is 0 Å². The molecule has 0 aliphatic rings. The first-order valence-electron chi connectivity index (χ1n) is 6.67. The van der Waals surface area contributed by atoms with E-state index in [0.717, 1.165) is 5.56 Å².